The second kappa shape index (κ2) is 4.94. The smallest absolute Gasteiger partial charge is 0.286 e. The molecule has 2 atom stereocenters. The minimum Gasteiger partial charge on any atom is -0.313 e. The van der Waals surface area contributed by atoms with E-state index < -0.39 is 5.25 Å². The molecule has 2 amide bonds. The lowest BCUT2D eigenvalue weighted by Gasteiger charge is -2.21. The third kappa shape index (κ3) is 2.60. The molecular weight excluding hydrogens is 230 g/mol. The average Bonchev–Trinajstić information content (AvgIpc) is 2.59. The Morgan fingerprint density at radius 2 is 2.31 bits per heavy atom. The first-order valence-electron chi connectivity index (χ1n) is 5.08. The lowest BCUT2D eigenvalue weighted by Crippen LogP contribution is -2.49. The number of thioether (sulfide) groups is 1. The van der Waals surface area contributed by atoms with E-state index >= 15 is 0 Å². The van der Waals surface area contributed by atoms with Crippen LogP contribution in [0.15, 0.2) is 0 Å². The van der Waals surface area contributed by atoms with E-state index in [9.17, 15) is 14.4 Å². The summed E-state index contributed by atoms with van der Waals surface area (Å²) >= 11 is 0.883. The van der Waals surface area contributed by atoms with E-state index in [4.69, 9.17) is 0 Å². The van der Waals surface area contributed by atoms with E-state index in [-0.39, 0.29) is 29.4 Å². The summed E-state index contributed by atoms with van der Waals surface area (Å²) < 4.78 is 0. The largest absolute Gasteiger partial charge is 0.313 e. The number of carbonyl (C=O) groups excluding carboxylic acids is 3. The fraction of sp³-hybridized carbons (Fsp3) is 0.667. The maximum atomic E-state index is 11.8. The topological polar surface area (TPSA) is 89.4 Å². The molecule has 0 aromatic heterocycles. The maximum absolute atomic E-state index is 11.8. The van der Waals surface area contributed by atoms with Crippen molar-refractivity contribution in [3.8, 4) is 0 Å². The molecule has 2 saturated heterocycles. The molecule has 2 N–H and O–H groups in total. The van der Waals surface area contributed by atoms with Crippen LogP contribution in [0, 0.1) is 0 Å². The van der Waals surface area contributed by atoms with Gasteiger partial charge in [-0.2, -0.15) is 0 Å². The quantitative estimate of drug-likeness (QED) is 0.654. The Hall–Kier alpha value is -0.920. The lowest BCUT2D eigenvalue weighted by atomic mass is 10.1. The zero-order chi connectivity index (χ0) is 11.5. The molecule has 16 heavy (non-hydrogen) atoms. The highest BCUT2D eigenvalue weighted by atomic mass is 32.2. The van der Waals surface area contributed by atoms with Gasteiger partial charge < -0.3 is 5.32 Å². The number of nitrogens with zero attached hydrogens (tertiary/aromatic N) is 1. The summed E-state index contributed by atoms with van der Waals surface area (Å²) in [4.78, 5) is 33.9. The van der Waals surface area contributed by atoms with Crippen molar-refractivity contribution in [1.82, 2.24) is 16.0 Å². The number of carbonyl (C=O) groups is 3. The molecule has 2 fully saturated rings. The van der Waals surface area contributed by atoms with Gasteiger partial charge in [0.15, 0.2) is 5.78 Å². The summed E-state index contributed by atoms with van der Waals surface area (Å²) in [6.07, 6.45) is 0.0814. The second-order valence-electron chi connectivity index (χ2n) is 3.68. The summed E-state index contributed by atoms with van der Waals surface area (Å²) in [7, 11) is 0. The van der Waals surface area contributed by atoms with Crippen LogP contribution in [-0.4, -0.2) is 47.9 Å². The predicted octanol–water partition coefficient (Wildman–Crippen LogP) is -1.13. The number of ketones is 1. The van der Waals surface area contributed by atoms with Gasteiger partial charge in [-0.1, -0.05) is 11.8 Å². The third-order valence-electron chi connectivity index (χ3n) is 2.50. The molecule has 1 radical (unpaired) electrons. The van der Waals surface area contributed by atoms with Gasteiger partial charge >= 0.3 is 0 Å². The van der Waals surface area contributed by atoms with Crippen molar-refractivity contribution in [3.05, 3.63) is 0 Å². The zero-order valence-corrected chi connectivity index (χ0v) is 9.38. The monoisotopic (exact) mass is 242 g/mol. The van der Waals surface area contributed by atoms with Crippen LogP contribution in [0.25, 0.3) is 0 Å². The van der Waals surface area contributed by atoms with Gasteiger partial charge in [0.05, 0.1) is 6.04 Å². The van der Waals surface area contributed by atoms with Gasteiger partial charge in [-0.15, -0.1) is 0 Å². The second-order valence-corrected chi connectivity index (χ2v) is 4.86. The van der Waals surface area contributed by atoms with Gasteiger partial charge in [0, 0.05) is 26.1 Å². The zero-order valence-electron chi connectivity index (χ0n) is 8.56. The number of piperazine rings is 1. The minimum atomic E-state index is -0.572. The Balaban J connectivity index is 1.86. The fourth-order valence-corrected chi connectivity index (χ4v) is 2.50. The predicted molar refractivity (Wildman–Crippen MR) is 58.2 cm³/mol. The standard InChI is InChI=1S/C9H12N3O3S/c13-6(5-4-10-1-2-11-5)3-7-8(14)12-9(15)16-7/h5,7,10H,1-4H2,(H,12,14,15). The van der Waals surface area contributed by atoms with Gasteiger partial charge in [0.2, 0.25) is 5.91 Å². The SMILES string of the molecule is O=C1NC(=O)C(CC(=O)C2CNCC[N]2)S1. The summed E-state index contributed by atoms with van der Waals surface area (Å²) in [5.74, 6) is -0.443. The van der Waals surface area contributed by atoms with Crippen molar-refractivity contribution >= 4 is 28.7 Å². The summed E-state index contributed by atoms with van der Waals surface area (Å²) in [6, 6.07) is -0.363. The number of amides is 2. The number of imide groups is 1. The van der Waals surface area contributed by atoms with E-state index in [2.05, 4.69) is 16.0 Å². The van der Waals surface area contributed by atoms with Crippen LogP contribution in [0.3, 0.4) is 0 Å². The third-order valence-corrected chi connectivity index (χ3v) is 3.48. The van der Waals surface area contributed by atoms with Crippen molar-refractivity contribution in [3.63, 3.8) is 0 Å². The van der Waals surface area contributed by atoms with Crippen LogP contribution in [0.5, 0.6) is 0 Å². The van der Waals surface area contributed by atoms with Crippen LogP contribution in [0.4, 0.5) is 4.79 Å². The van der Waals surface area contributed by atoms with E-state index in [1.807, 2.05) is 0 Å². The number of hydrogen-bond acceptors (Lipinski definition) is 5. The summed E-state index contributed by atoms with van der Waals surface area (Å²) in [5, 5.41) is 8.47. The van der Waals surface area contributed by atoms with Gasteiger partial charge in [0.1, 0.15) is 5.25 Å². The molecular formula is C9H12N3O3S. The van der Waals surface area contributed by atoms with Crippen LogP contribution in [-0.2, 0) is 9.59 Å². The van der Waals surface area contributed by atoms with Crippen molar-refractivity contribution in [2.24, 2.45) is 0 Å². The number of hydrogen-bond donors (Lipinski definition) is 2. The van der Waals surface area contributed by atoms with Crippen molar-refractivity contribution in [2.75, 3.05) is 19.6 Å². The van der Waals surface area contributed by atoms with Crippen LogP contribution >= 0.6 is 11.8 Å². The molecule has 87 valence electrons. The molecule has 0 aliphatic carbocycles. The Morgan fingerprint density at radius 3 is 2.88 bits per heavy atom. The molecule has 0 spiro atoms. The molecule has 2 heterocycles. The Kier molecular flexibility index (Phi) is 3.57. The molecule has 0 saturated carbocycles. The molecule has 6 nitrogen and oxygen atoms in total. The molecule has 0 aromatic carbocycles. The van der Waals surface area contributed by atoms with E-state index in [1.54, 1.807) is 0 Å². The van der Waals surface area contributed by atoms with Crippen LogP contribution in [0.1, 0.15) is 6.42 Å². The van der Waals surface area contributed by atoms with Gasteiger partial charge in [0.25, 0.3) is 5.24 Å². The van der Waals surface area contributed by atoms with E-state index in [0.29, 0.717) is 13.1 Å². The first-order chi connectivity index (χ1) is 7.66. The van der Waals surface area contributed by atoms with E-state index in [0.717, 1.165) is 18.3 Å². The Bertz CT molecular complexity index is 328. The van der Waals surface area contributed by atoms with Gasteiger partial charge in [-0.3, -0.25) is 19.7 Å². The lowest BCUT2D eigenvalue weighted by molar-refractivity contribution is -0.125. The highest BCUT2D eigenvalue weighted by Crippen LogP contribution is 2.22. The molecule has 2 unspecified atom stereocenters. The van der Waals surface area contributed by atoms with Gasteiger partial charge in [-0.25, -0.2) is 5.32 Å². The number of rotatable bonds is 3. The van der Waals surface area contributed by atoms with Crippen molar-refractivity contribution in [1.29, 1.82) is 0 Å². The summed E-state index contributed by atoms with van der Waals surface area (Å²) in [5.41, 5.74) is 0. The normalized spacial score (nSPS) is 30.2. The number of Topliss-reactive ketones (excluding diaryl/α,β-unsaturated/α-hetero) is 1. The highest BCUT2D eigenvalue weighted by molar-refractivity contribution is 8.15. The number of nitrogens with one attached hydrogen (secondary N) is 2. The van der Waals surface area contributed by atoms with Crippen molar-refractivity contribution in [2.45, 2.75) is 17.7 Å². The van der Waals surface area contributed by atoms with E-state index in [1.165, 1.54) is 0 Å². The molecule has 0 aromatic rings. The molecule has 0 bridgehead atoms. The van der Waals surface area contributed by atoms with Gasteiger partial charge in [-0.05, 0) is 0 Å². The molecule has 2 aliphatic rings. The molecule has 7 heteroatoms. The fourth-order valence-electron chi connectivity index (χ4n) is 1.66. The van der Waals surface area contributed by atoms with Crippen LogP contribution in [0.2, 0.25) is 0 Å². The summed E-state index contributed by atoms with van der Waals surface area (Å²) in [6.45, 7) is 1.95. The Labute approximate surface area is 96.9 Å². The minimum absolute atomic E-state index is 0.0745. The Morgan fingerprint density at radius 1 is 1.50 bits per heavy atom. The first-order valence-corrected chi connectivity index (χ1v) is 5.96. The molecule has 2 rings (SSSR count). The van der Waals surface area contributed by atoms with Crippen molar-refractivity contribution < 1.29 is 14.4 Å². The molecule has 2 aliphatic heterocycles. The maximum Gasteiger partial charge on any atom is 0.286 e. The first kappa shape index (κ1) is 11.6. The average molecular weight is 242 g/mol. The van der Waals surface area contributed by atoms with Crippen LogP contribution < -0.4 is 16.0 Å². The highest BCUT2D eigenvalue weighted by Gasteiger charge is 2.35.